The first kappa shape index (κ1) is 12.3. The Morgan fingerprint density at radius 1 is 1.35 bits per heavy atom. The minimum Gasteiger partial charge on any atom is -0.508 e. The summed E-state index contributed by atoms with van der Waals surface area (Å²) in [5.74, 6) is 0.822. The molecule has 1 saturated heterocycles. The molecule has 2 N–H and O–H groups in total. The topological polar surface area (TPSA) is 60.8 Å². The van der Waals surface area contributed by atoms with Crippen molar-refractivity contribution < 1.29 is 15.0 Å². The molecule has 0 bridgehead atoms. The number of thioether (sulfide) groups is 1. The Kier molecular flexibility index (Phi) is 3.91. The van der Waals surface area contributed by atoms with Gasteiger partial charge in [0.05, 0.1) is 5.75 Å². The van der Waals surface area contributed by atoms with Crippen LogP contribution in [0.15, 0.2) is 24.3 Å². The number of hydrogen-bond acceptors (Lipinski definition) is 4. The molecule has 5 heteroatoms. The Bertz CT molecular complexity index is 393. The molecule has 1 fully saturated rings. The van der Waals surface area contributed by atoms with Crippen LogP contribution < -0.4 is 0 Å². The van der Waals surface area contributed by atoms with Gasteiger partial charge in [-0.05, 0) is 24.1 Å². The number of aromatic hydroxyl groups is 1. The predicted octanol–water partition coefficient (Wildman–Crippen LogP) is 1.35. The number of hydrogen-bond donors (Lipinski definition) is 2. The molecular formula is C12H15NO3S. The summed E-state index contributed by atoms with van der Waals surface area (Å²) in [5.41, 5.74) is 1.01. The van der Waals surface area contributed by atoms with Gasteiger partial charge in [-0.2, -0.15) is 0 Å². The summed E-state index contributed by atoms with van der Waals surface area (Å²) in [6, 6.07) is 6.92. The lowest BCUT2D eigenvalue weighted by atomic mass is 10.2. The third-order valence-corrected chi connectivity index (χ3v) is 3.96. The van der Waals surface area contributed by atoms with E-state index in [-0.39, 0.29) is 23.6 Å². The van der Waals surface area contributed by atoms with Crippen LogP contribution in [-0.2, 0) is 4.79 Å². The zero-order valence-corrected chi connectivity index (χ0v) is 10.2. The Balaban J connectivity index is 2.13. The van der Waals surface area contributed by atoms with Gasteiger partial charge in [0, 0.05) is 13.2 Å². The molecule has 0 saturated carbocycles. The highest BCUT2D eigenvalue weighted by atomic mass is 32.2. The number of aliphatic hydroxyl groups is 1. The van der Waals surface area contributed by atoms with E-state index in [1.807, 2.05) is 12.1 Å². The molecule has 0 aliphatic carbocycles. The van der Waals surface area contributed by atoms with Crippen LogP contribution in [0.25, 0.3) is 0 Å². The smallest absolute Gasteiger partial charge is 0.233 e. The number of phenols is 1. The molecule has 1 aromatic rings. The number of benzene rings is 1. The minimum absolute atomic E-state index is 0.00894. The summed E-state index contributed by atoms with van der Waals surface area (Å²) in [5, 5.41) is 18.1. The number of rotatable bonds is 4. The minimum atomic E-state index is 0.00894. The van der Waals surface area contributed by atoms with Gasteiger partial charge in [0.1, 0.15) is 11.1 Å². The molecule has 1 aliphatic rings. The van der Waals surface area contributed by atoms with E-state index in [2.05, 4.69) is 0 Å². The normalized spacial score (nSPS) is 19.9. The van der Waals surface area contributed by atoms with Gasteiger partial charge in [-0.1, -0.05) is 12.1 Å². The molecule has 0 spiro atoms. The predicted molar refractivity (Wildman–Crippen MR) is 66.7 cm³/mol. The highest BCUT2D eigenvalue weighted by Crippen LogP contribution is 2.38. The van der Waals surface area contributed by atoms with Crippen LogP contribution >= 0.6 is 11.8 Å². The van der Waals surface area contributed by atoms with Crippen molar-refractivity contribution in [3.8, 4) is 5.75 Å². The van der Waals surface area contributed by atoms with E-state index in [0.29, 0.717) is 18.7 Å². The Hall–Kier alpha value is -1.20. The average Bonchev–Trinajstić information content (AvgIpc) is 2.69. The van der Waals surface area contributed by atoms with E-state index >= 15 is 0 Å². The quantitative estimate of drug-likeness (QED) is 0.850. The summed E-state index contributed by atoms with van der Waals surface area (Å²) in [7, 11) is 0. The van der Waals surface area contributed by atoms with Crippen LogP contribution in [0.2, 0.25) is 0 Å². The largest absolute Gasteiger partial charge is 0.508 e. The van der Waals surface area contributed by atoms with E-state index < -0.39 is 0 Å². The van der Waals surface area contributed by atoms with Crippen LogP contribution in [0, 0.1) is 0 Å². The van der Waals surface area contributed by atoms with Crippen molar-refractivity contribution in [2.45, 2.75) is 11.8 Å². The number of amides is 1. The zero-order valence-electron chi connectivity index (χ0n) is 9.37. The summed E-state index contributed by atoms with van der Waals surface area (Å²) in [4.78, 5) is 13.5. The van der Waals surface area contributed by atoms with Crippen LogP contribution in [0.3, 0.4) is 0 Å². The van der Waals surface area contributed by atoms with Crippen molar-refractivity contribution in [2.75, 3.05) is 18.9 Å². The van der Waals surface area contributed by atoms with E-state index in [1.165, 1.54) is 0 Å². The second kappa shape index (κ2) is 5.42. The maximum Gasteiger partial charge on any atom is 0.233 e. The highest BCUT2D eigenvalue weighted by Gasteiger charge is 2.32. The van der Waals surface area contributed by atoms with E-state index in [4.69, 9.17) is 5.11 Å². The Labute approximate surface area is 104 Å². The number of aliphatic hydroxyl groups excluding tert-OH is 1. The molecule has 1 atom stereocenters. The first-order valence-electron chi connectivity index (χ1n) is 5.53. The molecule has 1 aromatic carbocycles. The summed E-state index contributed by atoms with van der Waals surface area (Å²) >= 11 is 1.58. The Morgan fingerprint density at radius 2 is 2.06 bits per heavy atom. The summed E-state index contributed by atoms with van der Waals surface area (Å²) in [6.45, 7) is 0.671. The van der Waals surface area contributed by atoms with E-state index in [1.54, 1.807) is 28.8 Å². The number of carbonyl (C=O) groups excluding carboxylic acids is 1. The van der Waals surface area contributed by atoms with Gasteiger partial charge in [0.15, 0.2) is 0 Å². The molecule has 17 heavy (non-hydrogen) atoms. The molecule has 1 amide bonds. The van der Waals surface area contributed by atoms with Gasteiger partial charge in [-0.25, -0.2) is 0 Å². The lowest BCUT2D eigenvalue weighted by Gasteiger charge is -2.23. The van der Waals surface area contributed by atoms with Crippen LogP contribution in [0.5, 0.6) is 5.75 Å². The van der Waals surface area contributed by atoms with Crippen LogP contribution in [-0.4, -0.2) is 39.9 Å². The van der Waals surface area contributed by atoms with E-state index in [9.17, 15) is 9.90 Å². The SMILES string of the molecule is O=C1CSC(c2ccc(O)cc2)N1CCCO. The summed E-state index contributed by atoms with van der Waals surface area (Å²) < 4.78 is 0. The number of phenolic OH excluding ortho intramolecular Hbond substituents is 1. The Morgan fingerprint density at radius 3 is 2.71 bits per heavy atom. The van der Waals surface area contributed by atoms with Crippen LogP contribution in [0.1, 0.15) is 17.4 Å². The van der Waals surface area contributed by atoms with Gasteiger partial charge >= 0.3 is 0 Å². The molecular weight excluding hydrogens is 238 g/mol. The molecule has 0 radical (unpaired) electrons. The maximum atomic E-state index is 11.7. The van der Waals surface area contributed by atoms with Gasteiger partial charge < -0.3 is 15.1 Å². The standard InChI is InChI=1S/C12H15NO3S/c14-7-1-6-13-11(16)8-17-12(13)9-2-4-10(15)5-3-9/h2-5,12,14-15H,1,6-8H2. The lowest BCUT2D eigenvalue weighted by molar-refractivity contribution is -0.128. The fourth-order valence-corrected chi connectivity index (χ4v) is 3.07. The third kappa shape index (κ3) is 2.73. The lowest BCUT2D eigenvalue weighted by Crippen LogP contribution is -2.29. The van der Waals surface area contributed by atoms with Gasteiger partial charge in [-0.3, -0.25) is 4.79 Å². The molecule has 2 rings (SSSR count). The van der Waals surface area contributed by atoms with Crippen molar-refractivity contribution in [1.29, 1.82) is 0 Å². The van der Waals surface area contributed by atoms with Gasteiger partial charge in [-0.15, -0.1) is 11.8 Å². The molecule has 1 unspecified atom stereocenters. The molecule has 1 aliphatic heterocycles. The van der Waals surface area contributed by atoms with Crippen molar-refractivity contribution in [3.05, 3.63) is 29.8 Å². The van der Waals surface area contributed by atoms with Crippen molar-refractivity contribution in [2.24, 2.45) is 0 Å². The van der Waals surface area contributed by atoms with Crippen molar-refractivity contribution in [1.82, 2.24) is 4.90 Å². The zero-order chi connectivity index (χ0) is 12.3. The molecule has 1 heterocycles. The second-order valence-electron chi connectivity index (χ2n) is 3.92. The maximum absolute atomic E-state index is 11.7. The molecule has 0 aromatic heterocycles. The monoisotopic (exact) mass is 253 g/mol. The molecule has 92 valence electrons. The highest BCUT2D eigenvalue weighted by molar-refractivity contribution is 8.00. The van der Waals surface area contributed by atoms with Gasteiger partial charge in [0.2, 0.25) is 5.91 Å². The van der Waals surface area contributed by atoms with Gasteiger partial charge in [0.25, 0.3) is 0 Å². The molecule has 4 nitrogen and oxygen atoms in total. The number of carbonyl (C=O) groups is 1. The first-order chi connectivity index (χ1) is 8.22. The first-order valence-corrected chi connectivity index (χ1v) is 6.58. The second-order valence-corrected chi connectivity index (χ2v) is 4.99. The number of nitrogens with zero attached hydrogens (tertiary/aromatic N) is 1. The van der Waals surface area contributed by atoms with Crippen LogP contribution in [0.4, 0.5) is 0 Å². The van der Waals surface area contributed by atoms with E-state index in [0.717, 1.165) is 5.56 Å². The van der Waals surface area contributed by atoms with Crippen molar-refractivity contribution in [3.63, 3.8) is 0 Å². The fourth-order valence-electron chi connectivity index (χ4n) is 1.85. The third-order valence-electron chi connectivity index (χ3n) is 2.70. The summed E-state index contributed by atoms with van der Waals surface area (Å²) in [6.07, 6.45) is 0.598. The fraction of sp³-hybridized carbons (Fsp3) is 0.417. The average molecular weight is 253 g/mol. The van der Waals surface area contributed by atoms with Crippen molar-refractivity contribution >= 4 is 17.7 Å².